The quantitative estimate of drug-likeness (QED) is 0.360. The van der Waals surface area contributed by atoms with Crippen LogP contribution in [0.25, 0.3) is 0 Å². The monoisotopic (exact) mass is 318 g/mol. The molecule has 0 spiro atoms. The summed E-state index contributed by atoms with van der Waals surface area (Å²) in [6.45, 7) is 22.9. The van der Waals surface area contributed by atoms with Crippen molar-refractivity contribution in [1.82, 2.24) is 0 Å². The van der Waals surface area contributed by atoms with E-state index in [0.717, 1.165) is 12.3 Å². The van der Waals surface area contributed by atoms with Crippen LogP contribution in [-0.2, 0) is 0 Å². The van der Waals surface area contributed by atoms with Gasteiger partial charge in [0.05, 0.1) is 0 Å². The second-order valence-electron chi connectivity index (χ2n) is 5.43. The third-order valence-electron chi connectivity index (χ3n) is 3.14. The van der Waals surface area contributed by atoms with Crippen molar-refractivity contribution >= 4 is 0 Å². The van der Waals surface area contributed by atoms with Gasteiger partial charge in [-0.25, -0.2) is 0 Å². The van der Waals surface area contributed by atoms with Gasteiger partial charge in [-0.3, -0.25) is 0 Å². The van der Waals surface area contributed by atoms with E-state index in [1.807, 2.05) is 26.8 Å². The minimum Gasteiger partial charge on any atom is -0.103 e. The lowest BCUT2D eigenvalue weighted by Crippen LogP contribution is -2.08. The van der Waals surface area contributed by atoms with Crippen LogP contribution in [0, 0.1) is 5.92 Å². The van der Waals surface area contributed by atoms with Gasteiger partial charge in [-0.2, -0.15) is 0 Å². The molecule has 1 aliphatic carbocycles. The molecule has 0 aromatic carbocycles. The van der Waals surface area contributed by atoms with Gasteiger partial charge in [-0.05, 0) is 51.5 Å². The molecule has 0 nitrogen and oxygen atoms in total. The fourth-order valence-corrected chi connectivity index (χ4v) is 2.21. The van der Waals surface area contributed by atoms with E-state index in [2.05, 4.69) is 58.7 Å². The third-order valence-corrected chi connectivity index (χ3v) is 3.14. The van der Waals surface area contributed by atoms with Crippen LogP contribution in [0.3, 0.4) is 0 Å². The Morgan fingerprint density at radius 2 is 1.48 bits per heavy atom. The Morgan fingerprint density at radius 3 is 1.78 bits per heavy atom. The summed E-state index contributed by atoms with van der Waals surface area (Å²) in [6, 6.07) is 0. The minimum atomic E-state index is 0.789. The molecule has 1 rings (SSSR count). The van der Waals surface area contributed by atoms with Gasteiger partial charge in [0.15, 0.2) is 0 Å². The molecule has 0 bridgehead atoms. The summed E-state index contributed by atoms with van der Waals surface area (Å²) in [5, 5.41) is 0. The Labute approximate surface area is 147 Å². The zero-order chi connectivity index (χ0) is 18.5. The summed E-state index contributed by atoms with van der Waals surface area (Å²) in [4.78, 5) is 0. The molecule has 0 amide bonds. The van der Waals surface area contributed by atoms with Gasteiger partial charge in [-0.1, -0.05) is 82.6 Å². The highest BCUT2D eigenvalue weighted by Crippen LogP contribution is 2.30. The fraction of sp³-hybridized carbons (Fsp3) is 0.565. The molecule has 23 heavy (non-hydrogen) atoms. The second-order valence-corrected chi connectivity index (χ2v) is 5.43. The van der Waals surface area contributed by atoms with Crippen LogP contribution in [0.15, 0.2) is 61.3 Å². The van der Waals surface area contributed by atoms with E-state index >= 15 is 0 Å². The molecule has 1 saturated carbocycles. The van der Waals surface area contributed by atoms with Crippen LogP contribution >= 0.6 is 0 Å². The van der Waals surface area contributed by atoms with Gasteiger partial charge >= 0.3 is 0 Å². The molecule has 0 heteroatoms. The van der Waals surface area contributed by atoms with Gasteiger partial charge in [0.2, 0.25) is 0 Å². The Balaban J connectivity index is -0.000000372. The number of allylic oxidation sites excluding steroid dienone is 7. The molecule has 1 fully saturated rings. The van der Waals surface area contributed by atoms with Crippen LogP contribution < -0.4 is 0 Å². The number of rotatable bonds is 4. The molecule has 0 saturated heterocycles. The first-order valence-corrected chi connectivity index (χ1v) is 9.24. The predicted molar refractivity (Wildman–Crippen MR) is 112 cm³/mol. The van der Waals surface area contributed by atoms with E-state index < -0.39 is 0 Å². The van der Waals surface area contributed by atoms with Crippen LogP contribution in [-0.4, -0.2) is 0 Å². The van der Waals surface area contributed by atoms with Crippen LogP contribution in [0.4, 0.5) is 0 Å². The van der Waals surface area contributed by atoms with Crippen molar-refractivity contribution in [3.63, 3.8) is 0 Å². The first-order valence-electron chi connectivity index (χ1n) is 9.24. The van der Waals surface area contributed by atoms with E-state index in [0.29, 0.717) is 0 Å². The highest BCUT2D eigenvalue weighted by molar-refractivity contribution is 5.29. The van der Waals surface area contributed by atoms with E-state index in [4.69, 9.17) is 0 Å². The van der Waals surface area contributed by atoms with E-state index in [9.17, 15) is 0 Å². The van der Waals surface area contributed by atoms with E-state index in [1.165, 1.54) is 43.3 Å². The second kappa shape index (κ2) is 23.0. The van der Waals surface area contributed by atoms with Gasteiger partial charge in [0.25, 0.3) is 0 Å². The Bertz CT molecular complexity index is 322. The number of hydrogen-bond donors (Lipinski definition) is 0. The van der Waals surface area contributed by atoms with Crippen LogP contribution in [0.2, 0.25) is 0 Å². The van der Waals surface area contributed by atoms with Gasteiger partial charge < -0.3 is 0 Å². The smallest absolute Gasteiger partial charge is 0.0162 e. The van der Waals surface area contributed by atoms with Crippen molar-refractivity contribution < 1.29 is 0 Å². The summed E-state index contributed by atoms with van der Waals surface area (Å²) >= 11 is 0. The van der Waals surface area contributed by atoms with Crippen LogP contribution in [0.5, 0.6) is 0 Å². The van der Waals surface area contributed by atoms with Crippen molar-refractivity contribution in [1.29, 1.82) is 0 Å². The Kier molecular flexibility index (Phi) is 26.6. The molecular weight excluding hydrogens is 276 g/mol. The first kappa shape index (κ1) is 26.6. The fourth-order valence-electron chi connectivity index (χ4n) is 2.21. The van der Waals surface area contributed by atoms with Crippen molar-refractivity contribution in [2.75, 3.05) is 0 Å². The standard InChI is InChI=1S/C14H22.C4H8.C3H6.C2H6/c1-4-8-14(11-12(2)3)13-9-6-5-7-10-13;1-3-4-2;1-3-2;1-2/h4,8,11,13H,2,5-7,9-10H2,1,3H3;3H,1,4H2,2H3;3H,1H2,2H3;1-2H3/b8-4-,14-11+;;;. The topological polar surface area (TPSA) is 0 Å². The Morgan fingerprint density at radius 1 is 1.04 bits per heavy atom. The molecule has 0 aromatic heterocycles. The highest BCUT2D eigenvalue weighted by Gasteiger charge is 2.15. The SMILES string of the molecule is C=C(C)/C=C(\C=C/C)C1CCCCC1.C=CC.C=CCC.CC. The number of hydrogen-bond acceptors (Lipinski definition) is 0. The largest absolute Gasteiger partial charge is 0.103 e. The summed E-state index contributed by atoms with van der Waals surface area (Å²) in [6.07, 6.45) is 18.3. The lowest BCUT2D eigenvalue weighted by Gasteiger charge is -2.23. The van der Waals surface area contributed by atoms with Crippen molar-refractivity contribution in [2.45, 2.75) is 80.1 Å². The molecule has 0 aliphatic heterocycles. The average molecular weight is 319 g/mol. The summed E-state index contributed by atoms with van der Waals surface area (Å²) in [5.74, 6) is 0.789. The maximum Gasteiger partial charge on any atom is -0.0162 e. The lowest BCUT2D eigenvalue weighted by molar-refractivity contribution is 0.408. The van der Waals surface area contributed by atoms with Gasteiger partial charge in [0, 0.05) is 0 Å². The van der Waals surface area contributed by atoms with Gasteiger partial charge in [-0.15, -0.1) is 13.2 Å². The normalized spacial score (nSPS) is 14.3. The summed E-state index contributed by atoms with van der Waals surface area (Å²) in [7, 11) is 0. The zero-order valence-corrected chi connectivity index (χ0v) is 16.8. The summed E-state index contributed by atoms with van der Waals surface area (Å²) < 4.78 is 0. The predicted octanol–water partition coefficient (Wildman–Crippen LogP) is 8.45. The van der Waals surface area contributed by atoms with E-state index in [-0.39, 0.29) is 0 Å². The van der Waals surface area contributed by atoms with Crippen molar-refractivity contribution in [3.05, 3.63) is 61.3 Å². The zero-order valence-electron chi connectivity index (χ0n) is 16.8. The third kappa shape index (κ3) is 20.7. The highest BCUT2D eigenvalue weighted by atomic mass is 14.2. The first-order chi connectivity index (χ1) is 11.1. The van der Waals surface area contributed by atoms with Crippen LogP contribution in [0.1, 0.15) is 80.1 Å². The van der Waals surface area contributed by atoms with E-state index in [1.54, 1.807) is 6.08 Å². The molecule has 0 heterocycles. The Hall–Kier alpha value is -1.30. The van der Waals surface area contributed by atoms with Crippen molar-refractivity contribution in [3.8, 4) is 0 Å². The summed E-state index contributed by atoms with van der Waals surface area (Å²) in [5.41, 5.74) is 2.66. The van der Waals surface area contributed by atoms with Gasteiger partial charge in [0.1, 0.15) is 0 Å². The average Bonchev–Trinajstić information content (AvgIpc) is 2.58. The molecule has 1 aliphatic rings. The molecule has 134 valence electrons. The molecular formula is C23H42. The lowest BCUT2D eigenvalue weighted by atomic mass is 9.83. The molecule has 0 unspecified atom stereocenters. The minimum absolute atomic E-state index is 0.789. The van der Waals surface area contributed by atoms with Crippen molar-refractivity contribution in [2.24, 2.45) is 5.92 Å². The maximum atomic E-state index is 3.96. The molecule has 0 aromatic rings. The molecule has 0 N–H and O–H groups in total. The molecule has 0 radical (unpaired) electrons. The molecule has 0 atom stereocenters. The maximum absolute atomic E-state index is 3.96.